The third-order valence-electron chi connectivity index (χ3n) is 7.23. The molecule has 2 unspecified atom stereocenters. The van der Waals surface area contributed by atoms with Gasteiger partial charge in [0.2, 0.25) is 25.5 Å². The topological polar surface area (TPSA) is 224 Å². The predicted octanol–water partition coefficient (Wildman–Crippen LogP) is 2.04. The van der Waals surface area contributed by atoms with Crippen LogP contribution in [-0.4, -0.2) is 67.8 Å². The molecule has 2 rings (SSSR count). The van der Waals surface area contributed by atoms with Crippen LogP contribution < -0.4 is 22.9 Å². The molecule has 0 heterocycles. The number of sulfone groups is 2. The molecule has 44 heavy (non-hydrogen) atoms. The SMILES string of the molecule is Cc1ccc(S(=O)(=O)C(Cl)(C(=O)[C@@H](N)CCCCN)C(=O)C(Cl)(C(=O)[C@@H](N)CCCCN)S(=O)(=O)c2ccc(C)cc2)cc1. The van der Waals surface area contributed by atoms with E-state index in [-0.39, 0.29) is 38.8 Å². The zero-order valence-corrected chi connectivity index (χ0v) is 27.8. The Hall–Kier alpha value is -2.23. The van der Waals surface area contributed by atoms with Crippen LogP contribution in [0.1, 0.15) is 49.7 Å². The van der Waals surface area contributed by atoms with Crippen LogP contribution in [-0.2, 0) is 34.1 Å². The zero-order chi connectivity index (χ0) is 33.5. The highest BCUT2D eigenvalue weighted by Crippen LogP contribution is 2.44. The van der Waals surface area contributed by atoms with Crippen LogP contribution in [0.2, 0.25) is 0 Å². The standard InChI is InChI=1S/C29H40Cl2N4O7S2/c1-19-9-13-21(14-10-19)43(39,40)28(30,25(36)23(34)7-3-5-17-32)27(38)29(31,26(37)24(35)8-4-6-18-33)44(41,42)22-15-11-20(2)12-16-22/h9-16,23-24H,3-8,17-18,32-35H2,1-2H3/t23-,24-,28?,29?/m0/s1. The monoisotopic (exact) mass is 690 g/mol. The van der Waals surface area contributed by atoms with E-state index in [4.69, 9.17) is 46.1 Å². The number of nitrogens with two attached hydrogens (primary N) is 4. The first-order valence-electron chi connectivity index (χ1n) is 14.0. The van der Waals surface area contributed by atoms with Crippen molar-refractivity contribution in [2.75, 3.05) is 13.1 Å². The van der Waals surface area contributed by atoms with Crippen molar-refractivity contribution in [3.05, 3.63) is 59.7 Å². The first-order valence-corrected chi connectivity index (χ1v) is 17.7. The molecule has 15 heteroatoms. The van der Waals surface area contributed by atoms with Crippen molar-refractivity contribution in [2.45, 2.75) is 82.7 Å². The Labute approximate surface area is 268 Å². The smallest absolute Gasteiger partial charge is 0.270 e. The third kappa shape index (κ3) is 7.42. The van der Waals surface area contributed by atoms with E-state index in [2.05, 4.69) is 0 Å². The Balaban J connectivity index is 2.94. The second-order valence-electron chi connectivity index (χ2n) is 10.7. The normalized spacial score (nSPS) is 16.4. The summed E-state index contributed by atoms with van der Waals surface area (Å²) < 4.78 is 49.2. The van der Waals surface area contributed by atoms with Crippen molar-refractivity contribution in [3.8, 4) is 0 Å². The van der Waals surface area contributed by atoms with Crippen molar-refractivity contribution < 1.29 is 31.2 Å². The molecule has 0 aliphatic carbocycles. The van der Waals surface area contributed by atoms with Crippen molar-refractivity contribution >= 4 is 60.2 Å². The molecule has 2 aromatic carbocycles. The first-order chi connectivity index (χ1) is 20.4. The Morgan fingerprint density at radius 2 is 0.932 bits per heavy atom. The zero-order valence-electron chi connectivity index (χ0n) is 24.7. The summed E-state index contributed by atoms with van der Waals surface area (Å²) in [7, 11) is -10.6. The summed E-state index contributed by atoms with van der Waals surface area (Å²) >= 11 is 13.3. The Morgan fingerprint density at radius 3 is 1.20 bits per heavy atom. The molecular weight excluding hydrogens is 651 g/mol. The van der Waals surface area contributed by atoms with E-state index in [9.17, 15) is 31.2 Å². The number of aryl methyl sites for hydroxylation is 2. The number of rotatable bonds is 18. The summed E-state index contributed by atoms with van der Waals surface area (Å²) in [5.41, 5.74) is 24.4. The van der Waals surface area contributed by atoms with Crippen LogP contribution in [0.15, 0.2) is 58.3 Å². The molecule has 8 N–H and O–H groups in total. The van der Waals surface area contributed by atoms with Gasteiger partial charge in [0, 0.05) is 0 Å². The van der Waals surface area contributed by atoms with Gasteiger partial charge in [-0.2, -0.15) is 0 Å². The van der Waals surface area contributed by atoms with Crippen LogP contribution in [0, 0.1) is 13.8 Å². The number of carbonyl (C=O) groups excluding carboxylic acids is 3. The molecule has 0 fully saturated rings. The van der Waals surface area contributed by atoms with E-state index in [0.717, 1.165) is 24.3 Å². The fourth-order valence-electron chi connectivity index (χ4n) is 4.46. The molecule has 0 aromatic heterocycles. The minimum atomic E-state index is -5.30. The minimum Gasteiger partial charge on any atom is -0.330 e. The molecular formula is C29H40Cl2N4O7S2. The Morgan fingerprint density at radius 1 is 0.636 bits per heavy atom. The second kappa shape index (κ2) is 15.4. The molecule has 244 valence electrons. The molecule has 4 atom stereocenters. The summed E-state index contributed by atoms with van der Waals surface area (Å²) in [5, 5.41) is 0. The van der Waals surface area contributed by atoms with Crippen LogP contribution in [0.3, 0.4) is 0 Å². The van der Waals surface area contributed by atoms with Crippen LogP contribution >= 0.6 is 23.2 Å². The lowest BCUT2D eigenvalue weighted by Gasteiger charge is -2.34. The number of benzene rings is 2. The molecule has 0 radical (unpaired) electrons. The number of hydrogen-bond acceptors (Lipinski definition) is 11. The maximum Gasteiger partial charge on any atom is 0.270 e. The quantitative estimate of drug-likeness (QED) is 0.101. The van der Waals surface area contributed by atoms with Crippen molar-refractivity contribution in [2.24, 2.45) is 22.9 Å². The van der Waals surface area contributed by atoms with Gasteiger partial charge < -0.3 is 22.9 Å². The average Bonchev–Trinajstić information content (AvgIpc) is 2.99. The summed E-state index contributed by atoms with van der Waals surface area (Å²) in [6.07, 6.45) is 1.04. The maximum absolute atomic E-state index is 14.6. The molecule has 0 bridgehead atoms. The number of ketones is 3. The fraction of sp³-hybridized carbons (Fsp3) is 0.483. The summed E-state index contributed by atoms with van der Waals surface area (Å²) in [5.74, 6) is -5.20. The van der Waals surface area contributed by atoms with E-state index >= 15 is 0 Å². The van der Waals surface area contributed by atoms with Crippen molar-refractivity contribution in [3.63, 3.8) is 0 Å². The van der Waals surface area contributed by atoms with Crippen molar-refractivity contribution in [1.29, 1.82) is 0 Å². The number of hydrogen-bond donors (Lipinski definition) is 4. The Kier molecular flexibility index (Phi) is 13.3. The maximum atomic E-state index is 14.6. The van der Waals surface area contributed by atoms with Crippen LogP contribution in [0.5, 0.6) is 0 Å². The largest absolute Gasteiger partial charge is 0.330 e. The van der Waals surface area contributed by atoms with E-state index in [1.165, 1.54) is 24.3 Å². The van der Waals surface area contributed by atoms with E-state index < -0.39 is 67.3 Å². The second-order valence-corrected chi connectivity index (χ2v) is 16.4. The lowest BCUT2D eigenvalue weighted by atomic mass is 9.95. The van der Waals surface area contributed by atoms with Crippen LogP contribution in [0.25, 0.3) is 0 Å². The first kappa shape index (κ1) is 38.0. The van der Waals surface area contributed by atoms with Gasteiger partial charge in [0.05, 0.1) is 21.9 Å². The molecule has 0 aliphatic heterocycles. The van der Waals surface area contributed by atoms with Gasteiger partial charge in [-0.3, -0.25) is 14.4 Å². The van der Waals surface area contributed by atoms with Gasteiger partial charge in [-0.25, -0.2) is 16.8 Å². The van der Waals surface area contributed by atoms with Gasteiger partial charge >= 0.3 is 0 Å². The minimum absolute atomic E-state index is 0.145. The highest BCUT2D eigenvalue weighted by molar-refractivity contribution is 7.98. The lowest BCUT2D eigenvalue weighted by Crippen LogP contribution is -2.66. The molecule has 11 nitrogen and oxygen atoms in total. The number of halogens is 2. The fourth-order valence-corrected chi connectivity index (χ4v) is 9.04. The lowest BCUT2D eigenvalue weighted by molar-refractivity contribution is -0.132. The number of carbonyl (C=O) groups is 3. The van der Waals surface area contributed by atoms with E-state index in [1.807, 2.05) is 0 Å². The number of alkyl halides is 2. The van der Waals surface area contributed by atoms with E-state index in [0.29, 0.717) is 24.0 Å². The average molecular weight is 692 g/mol. The van der Waals surface area contributed by atoms with Crippen molar-refractivity contribution in [1.82, 2.24) is 0 Å². The Bertz CT molecular complexity index is 1440. The molecule has 0 aliphatic rings. The predicted molar refractivity (Wildman–Crippen MR) is 171 cm³/mol. The summed E-state index contributed by atoms with van der Waals surface area (Å²) in [4.78, 5) is 41.3. The van der Waals surface area contributed by atoms with Gasteiger partial charge in [0.25, 0.3) is 8.41 Å². The number of Topliss-reactive ketones (excluding diaryl/α,β-unsaturated/α-hetero) is 3. The highest BCUT2D eigenvalue weighted by atomic mass is 35.5. The van der Waals surface area contributed by atoms with Crippen LogP contribution in [0.4, 0.5) is 0 Å². The summed E-state index contributed by atoms with van der Waals surface area (Å²) in [6.45, 7) is 3.81. The molecule has 2 aromatic rings. The van der Waals surface area contributed by atoms with Gasteiger partial charge in [-0.05, 0) is 76.9 Å². The highest BCUT2D eigenvalue weighted by Gasteiger charge is 2.69. The third-order valence-corrected chi connectivity index (χ3v) is 13.2. The molecule has 0 saturated heterocycles. The van der Waals surface area contributed by atoms with Gasteiger partial charge in [0.15, 0.2) is 11.6 Å². The van der Waals surface area contributed by atoms with Gasteiger partial charge in [-0.15, -0.1) is 0 Å². The van der Waals surface area contributed by atoms with Gasteiger partial charge in [0.1, 0.15) is 0 Å². The number of unbranched alkanes of at least 4 members (excludes halogenated alkanes) is 2. The molecule has 0 amide bonds. The van der Waals surface area contributed by atoms with E-state index in [1.54, 1.807) is 13.8 Å². The molecule has 0 saturated carbocycles. The van der Waals surface area contributed by atoms with Gasteiger partial charge in [-0.1, -0.05) is 71.4 Å². The molecule has 0 spiro atoms. The summed E-state index contributed by atoms with van der Waals surface area (Å²) in [6, 6.07) is 6.57.